The van der Waals surface area contributed by atoms with E-state index in [-0.39, 0.29) is 32.0 Å². The van der Waals surface area contributed by atoms with Gasteiger partial charge < -0.3 is 5.73 Å². The van der Waals surface area contributed by atoms with Gasteiger partial charge in [-0.25, -0.2) is 17.2 Å². The van der Waals surface area contributed by atoms with E-state index in [9.17, 15) is 17.2 Å². The number of sulfonamides is 1. The quantitative estimate of drug-likeness (QED) is 0.807. The molecule has 2 aromatic carbocycles. The molecule has 0 unspecified atom stereocenters. The lowest BCUT2D eigenvalue weighted by molar-refractivity contribution is 0.420. The first-order valence-electron chi connectivity index (χ1n) is 7.13. The summed E-state index contributed by atoms with van der Waals surface area (Å²) in [5.74, 6) is -1.86. The predicted molar refractivity (Wildman–Crippen MR) is 91.6 cm³/mol. The Labute approximate surface area is 146 Å². The summed E-state index contributed by atoms with van der Waals surface area (Å²) in [4.78, 5) is -0.406. The Morgan fingerprint density at radius 3 is 2.08 bits per heavy atom. The number of halogens is 3. The predicted octanol–water partition coefficient (Wildman–Crippen LogP) is 2.58. The van der Waals surface area contributed by atoms with Gasteiger partial charge in [0.1, 0.15) is 11.6 Å². The maximum atomic E-state index is 13.3. The van der Waals surface area contributed by atoms with Gasteiger partial charge in [0.05, 0.1) is 4.90 Å². The highest BCUT2D eigenvalue weighted by Crippen LogP contribution is 2.19. The molecule has 24 heavy (non-hydrogen) atoms. The molecule has 0 bridgehead atoms. The van der Waals surface area contributed by atoms with Crippen LogP contribution in [0.15, 0.2) is 53.4 Å². The topological polar surface area (TPSA) is 63.4 Å². The first-order valence-corrected chi connectivity index (χ1v) is 8.58. The van der Waals surface area contributed by atoms with Crippen LogP contribution < -0.4 is 5.73 Å². The molecule has 0 fully saturated rings. The van der Waals surface area contributed by atoms with E-state index in [1.807, 2.05) is 30.3 Å². The van der Waals surface area contributed by atoms with Crippen LogP contribution >= 0.6 is 12.4 Å². The standard InChI is InChI=1S/C16H18F2N2O2S.ClH/c17-14-10-15(18)12-16(11-14)23(21,22)20(9-7-19)8-6-13-4-2-1-3-5-13;/h1-5,10-12H,6-9,19H2;1H. The molecule has 132 valence electrons. The third-order valence-electron chi connectivity index (χ3n) is 3.35. The highest BCUT2D eigenvalue weighted by Gasteiger charge is 2.25. The summed E-state index contributed by atoms with van der Waals surface area (Å²) in [6.07, 6.45) is 0.484. The van der Waals surface area contributed by atoms with E-state index in [1.165, 1.54) is 0 Å². The Kier molecular flexibility index (Phi) is 7.75. The Balaban J connectivity index is 0.00000288. The van der Waals surface area contributed by atoms with Gasteiger partial charge in [-0.05, 0) is 24.1 Å². The van der Waals surface area contributed by atoms with Crippen LogP contribution in [-0.4, -0.2) is 32.4 Å². The van der Waals surface area contributed by atoms with Crippen molar-refractivity contribution in [3.05, 3.63) is 65.7 Å². The summed E-state index contributed by atoms with van der Waals surface area (Å²) in [6, 6.07) is 11.6. The van der Waals surface area contributed by atoms with Gasteiger partial charge in [-0.3, -0.25) is 0 Å². The smallest absolute Gasteiger partial charge is 0.243 e. The molecule has 0 saturated heterocycles. The summed E-state index contributed by atoms with van der Waals surface area (Å²) in [5, 5.41) is 0. The molecule has 2 N–H and O–H groups in total. The fourth-order valence-corrected chi connectivity index (χ4v) is 3.72. The van der Waals surface area contributed by atoms with Gasteiger partial charge in [0.15, 0.2) is 0 Å². The van der Waals surface area contributed by atoms with Crippen molar-refractivity contribution in [2.24, 2.45) is 5.73 Å². The summed E-state index contributed by atoms with van der Waals surface area (Å²) in [6.45, 7) is 0.376. The minimum Gasteiger partial charge on any atom is -0.329 e. The fourth-order valence-electron chi connectivity index (χ4n) is 2.22. The molecule has 0 saturated carbocycles. The van der Waals surface area contributed by atoms with E-state index in [2.05, 4.69) is 0 Å². The van der Waals surface area contributed by atoms with E-state index in [0.717, 1.165) is 22.0 Å². The van der Waals surface area contributed by atoms with Crippen molar-refractivity contribution >= 4 is 22.4 Å². The zero-order chi connectivity index (χ0) is 16.9. The maximum absolute atomic E-state index is 13.3. The monoisotopic (exact) mass is 376 g/mol. The van der Waals surface area contributed by atoms with E-state index in [1.54, 1.807) is 0 Å². The number of benzene rings is 2. The lowest BCUT2D eigenvalue weighted by Crippen LogP contribution is -2.37. The Morgan fingerprint density at radius 1 is 0.958 bits per heavy atom. The highest BCUT2D eigenvalue weighted by molar-refractivity contribution is 7.89. The van der Waals surface area contributed by atoms with Crippen molar-refractivity contribution in [2.45, 2.75) is 11.3 Å². The zero-order valence-corrected chi connectivity index (χ0v) is 14.5. The normalized spacial score (nSPS) is 11.3. The van der Waals surface area contributed by atoms with Gasteiger partial charge in [-0.15, -0.1) is 12.4 Å². The van der Waals surface area contributed by atoms with E-state index < -0.39 is 26.6 Å². The van der Waals surface area contributed by atoms with Crippen molar-refractivity contribution < 1.29 is 17.2 Å². The molecule has 0 aliphatic carbocycles. The lowest BCUT2D eigenvalue weighted by Gasteiger charge is -2.21. The van der Waals surface area contributed by atoms with Crippen LogP contribution in [0.1, 0.15) is 5.56 Å². The van der Waals surface area contributed by atoms with Gasteiger partial charge in [0.25, 0.3) is 0 Å². The molecule has 2 rings (SSSR count). The molecule has 0 radical (unpaired) electrons. The molecular weight excluding hydrogens is 358 g/mol. The highest BCUT2D eigenvalue weighted by atomic mass is 35.5. The van der Waals surface area contributed by atoms with Crippen LogP contribution in [0.3, 0.4) is 0 Å². The molecule has 4 nitrogen and oxygen atoms in total. The SMILES string of the molecule is Cl.NCCN(CCc1ccccc1)S(=O)(=O)c1cc(F)cc(F)c1. The summed E-state index contributed by atoms with van der Waals surface area (Å²) in [7, 11) is -4.01. The van der Waals surface area contributed by atoms with Crippen LogP contribution in [0.2, 0.25) is 0 Å². The average molecular weight is 377 g/mol. The molecule has 2 aromatic rings. The Bertz CT molecular complexity index is 738. The van der Waals surface area contributed by atoms with Crippen LogP contribution in [0, 0.1) is 11.6 Å². The van der Waals surface area contributed by atoms with Gasteiger partial charge >= 0.3 is 0 Å². The summed E-state index contributed by atoms with van der Waals surface area (Å²) in [5.41, 5.74) is 6.45. The van der Waals surface area contributed by atoms with Crippen LogP contribution in [0.4, 0.5) is 8.78 Å². The summed E-state index contributed by atoms with van der Waals surface area (Å²) < 4.78 is 52.9. The molecular formula is C16H19ClF2N2O2S. The average Bonchev–Trinajstić information content (AvgIpc) is 2.51. The van der Waals surface area contributed by atoms with Gasteiger partial charge in [0.2, 0.25) is 10.0 Å². The van der Waals surface area contributed by atoms with Gasteiger partial charge in [-0.1, -0.05) is 30.3 Å². The third kappa shape index (κ3) is 5.24. The van der Waals surface area contributed by atoms with Crippen LogP contribution in [0.5, 0.6) is 0 Å². The molecule has 0 aliphatic rings. The Morgan fingerprint density at radius 2 is 1.54 bits per heavy atom. The zero-order valence-electron chi connectivity index (χ0n) is 12.9. The largest absolute Gasteiger partial charge is 0.329 e. The number of nitrogens with two attached hydrogens (primary N) is 1. The molecule has 0 aromatic heterocycles. The Hall–Kier alpha value is -1.54. The second-order valence-electron chi connectivity index (χ2n) is 5.03. The van der Waals surface area contributed by atoms with Crippen molar-refractivity contribution in [1.82, 2.24) is 4.31 Å². The number of hydrogen-bond acceptors (Lipinski definition) is 3. The van der Waals surface area contributed by atoms with E-state index in [4.69, 9.17) is 5.73 Å². The molecule has 0 spiro atoms. The van der Waals surface area contributed by atoms with Crippen molar-refractivity contribution in [1.29, 1.82) is 0 Å². The fraction of sp³-hybridized carbons (Fsp3) is 0.250. The second-order valence-corrected chi connectivity index (χ2v) is 6.97. The van der Waals surface area contributed by atoms with E-state index >= 15 is 0 Å². The minimum atomic E-state index is -4.01. The second kappa shape index (κ2) is 9.08. The third-order valence-corrected chi connectivity index (χ3v) is 5.22. The molecule has 0 amide bonds. The number of nitrogens with zero attached hydrogens (tertiary/aromatic N) is 1. The molecule has 8 heteroatoms. The maximum Gasteiger partial charge on any atom is 0.243 e. The number of rotatable bonds is 7. The minimum absolute atomic E-state index is 0. The van der Waals surface area contributed by atoms with Gasteiger partial charge in [0, 0.05) is 25.7 Å². The molecule has 0 heterocycles. The van der Waals surface area contributed by atoms with Crippen molar-refractivity contribution in [3.63, 3.8) is 0 Å². The summed E-state index contributed by atoms with van der Waals surface area (Å²) >= 11 is 0. The van der Waals surface area contributed by atoms with Crippen molar-refractivity contribution in [3.8, 4) is 0 Å². The van der Waals surface area contributed by atoms with E-state index in [0.29, 0.717) is 12.5 Å². The van der Waals surface area contributed by atoms with Crippen molar-refractivity contribution in [2.75, 3.05) is 19.6 Å². The molecule has 0 aliphatic heterocycles. The lowest BCUT2D eigenvalue weighted by atomic mass is 10.1. The first kappa shape index (κ1) is 20.5. The van der Waals surface area contributed by atoms with Gasteiger partial charge in [-0.2, -0.15) is 4.31 Å². The van der Waals surface area contributed by atoms with Crippen LogP contribution in [0.25, 0.3) is 0 Å². The number of hydrogen-bond donors (Lipinski definition) is 1. The molecule has 0 atom stereocenters. The van der Waals surface area contributed by atoms with Crippen LogP contribution in [-0.2, 0) is 16.4 Å². The first-order chi connectivity index (χ1) is 10.9.